The van der Waals surface area contributed by atoms with Gasteiger partial charge in [0, 0.05) is 15.6 Å². The Balaban J connectivity index is 1.64. The number of thiazole rings is 1. The first-order valence-corrected chi connectivity index (χ1v) is 14.1. The van der Waals surface area contributed by atoms with Crippen molar-refractivity contribution in [3.05, 3.63) is 116 Å². The van der Waals surface area contributed by atoms with Crippen LogP contribution in [-0.4, -0.2) is 16.8 Å². The van der Waals surface area contributed by atoms with Gasteiger partial charge in [-0.3, -0.25) is 9.36 Å². The van der Waals surface area contributed by atoms with Crippen LogP contribution in [0.25, 0.3) is 11.8 Å². The minimum Gasteiger partial charge on any atom is -0.506 e. The van der Waals surface area contributed by atoms with E-state index in [0.29, 0.717) is 18.5 Å². The second-order valence-electron chi connectivity index (χ2n) is 8.72. The molecule has 36 heavy (non-hydrogen) atoms. The molecule has 1 aliphatic heterocycles. The maximum absolute atomic E-state index is 13.9. The Morgan fingerprint density at radius 1 is 1.17 bits per heavy atom. The number of hydrogen-bond donors (Lipinski definition) is 1. The van der Waals surface area contributed by atoms with Crippen LogP contribution in [-0.2, 0) is 6.42 Å². The Morgan fingerprint density at radius 2 is 2.00 bits per heavy atom. The molecule has 3 aromatic carbocycles. The van der Waals surface area contributed by atoms with E-state index in [1.165, 1.54) is 16.9 Å². The number of fused-ring (bicyclic) bond motifs is 3. The predicted molar refractivity (Wildman–Crippen MR) is 154 cm³/mol. The molecule has 2 heterocycles. The number of nitrogens with zero attached hydrogens (tertiary/aromatic N) is 2. The monoisotopic (exact) mass is 670 g/mol. The number of rotatable bonds is 3. The summed E-state index contributed by atoms with van der Waals surface area (Å²) < 4.78 is 9.39. The van der Waals surface area contributed by atoms with Crippen LogP contribution in [0.1, 0.15) is 34.7 Å². The number of methoxy groups -OCH3 is 1. The van der Waals surface area contributed by atoms with Crippen molar-refractivity contribution in [1.29, 1.82) is 0 Å². The van der Waals surface area contributed by atoms with Gasteiger partial charge in [-0.25, -0.2) is 4.99 Å². The second-order valence-corrected chi connectivity index (χ2v) is 11.8. The average Bonchev–Trinajstić information content (AvgIpc) is 3.20. The van der Waals surface area contributed by atoms with Gasteiger partial charge in [0.2, 0.25) is 0 Å². The van der Waals surface area contributed by atoms with Gasteiger partial charge in [0.25, 0.3) is 5.56 Å². The number of hydrogen-bond acceptors (Lipinski definition) is 5. The topological polar surface area (TPSA) is 63.8 Å². The molecule has 0 unspecified atom stereocenters. The third kappa shape index (κ3) is 3.95. The van der Waals surface area contributed by atoms with Crippen molar-refractivity contribution in [2.75, 3.05) is 7.11 Å². The number of benzene rings is 3. The molecule has 5 nitrogen and oxygen atoms in total. The first-order chi connectivity index (χ1) is 17.4. The fraction of sp³-hybridized carbons (Fsp3) is 0.143. The van der Waals surface area contributed by atoms with Gasteiger partial charge in [0.15, 0.2) is 4.80 Å². The molecule has 0 radical (unpaired) electrons. The molecule has 1 aromatic heterocycles. The van der Waals surface area contributed by atoms with Gasteiger partial charge in [-0.2, -0.15) is 0 Å². The molecule has 8 heteroatoms. The second kappa shape index (κ2) is 9.32. The zero-order valence-electron chi connectivity index (χ0n) is 19.2. The van der Waals surface area contributed by atoms with Gasteiger partial charge in [-0.15, -0.1) is 0 Å². The lowest BCUT2D eigenvalue weighted by atomic mass is 9.83. The van der Waals surface area contributed by atoms with E-state index in [4.69, 9.17) is 9.73 Å². The molecule has 1 N–H and O–H groups in total. The number of phenols is 1. The highest BCUT2D eigenvalue weighted by molar-refractivity contribution is 14.1. The first-order valence-electron chi connectivity index (χ1n) is 11.4. The zero-order chi connectivity index (χ0) is 25.0. The molecule has 4 aromatic rings. The van der Waals surface area contributed by atoms with Crippen molar-refractivity contribution in [2.45, 2.75) is 18.9 Å². The molecular formula is C28H20BrIN2O3S. The summed E-state index contributed by atoms with van der Waals surface area (Å²) in [5.74, 6) is 0.904. The minimum atomic E-state index is -0.280. The summed E-state index contributed by atoms with van der Waals surface area (Å²) in [5.41, 5.74) is 5.96. The quantitative estimate of drug-likeness (QED) is 0.297. The number of aromatic hydroxyl groups is 1. The molecule has 2 aliphatic rings. The molecule has 0 fully saturated rings. The van der Waals surface area contributed by atoms with Gasteiger partial charge in [0.1, 0.15) is 11.5 Å². The number of allylic oxidation sites excluding steroid dienone is 1. The third-order valence-electron chi connectivity index (χ3n) is 6.63. The van der Waals surface area contributed by atoms with Gasteiger partial charge in [-0.05, 0) is 82.5 Å². The highest BCUT2D eigenvalue weighted by Crippen LogP contribution is 2.41. The summed E-state index contributed by atoms with van der Waals surface area (Å²) in [7, 11) is 1.65. The number of aromatic nitrogens is 1. The molecular weight excluding hydrogens is 651 g/mol. The number of ether oxygens (including phenoxy) is 1. The van der Waals surface area contributed by atoms with Crippen LogP contribution in [0.15, 0.2) is 80.5 Å². The lowest BCUT2D eigenvalue weighted by molar-refractivity contribution is 0.413. The van der Waals surface area contributed by atoms with E-state index in [-0.39, 0.29) is 17.4 Å². The smallest absolute Gasteiger partial charge is 0.271 e. The standard InChI is InChI=1S/C28H20BrIN2O3S/c1-35-19-7-4-6-16(12-19)25-21-10-9-15-5-2-3-8-20(15)24(21)31-28-32(25)27(34)23(36-28)13-17-11-18(29)14-22(30)26(17)33/h2-8,11-14,25,33H,9-10H2,1H3/b23-13+/t25-/m1/s1. The van der Waals surface area contributed by atoms with Crippen molar-refractivity contribution in [1.82, 2.24) is 4.57 Å². The van der Waals surface area contributed by atoms with Gasteiger partial charge < -0.3 is 9.84 Å². The molecule has 180 valence electrons. The van der Waals surface area contributed by atoms with Crippen molar-refractivity contribution in [3.8, 4) is 11.5 Å². The van der Waals surface area contributed by atoms with Crippen LogP contribution in [0, 0.1) is 3.57 Å². The van der Waals surface area contributed by atoms with Gasteiger partial charge >= 0.3 is 0 Å². The Labute approximate surface area is 233 Å². The van der Waals surface area contributed by atoms with E-state index < -0.39 is 0 Å². The Bertz CT molecular complexity index is 1760. The fourth-order valence-corrected chi connectivity index (χ4v) is 7.51. The van der Waals surface area contributed by atoms with Crippen molar-refractivity contribution in [2.24, 2.45) is 4.99 Å². The summed E-state index contributed by atoms with van der Waals surface area (Å²) in [4.78, 5) is 19.6. The van der Waals surface area contributed by atoms with Crippen LogP contribution >= 0.6 is 49.9 Å². The molecule has 0 amide bonds. The summed E-state index contributed by atoms with van der Waals surface area (Å²) in [5, 5.41) is 10.6. The van der Waals surface area contributed by atoms with E-state index in [1.807, 2.05) is 42.5 Å². The summed E-state index contributed by atoms with van der Waals surface area (Å²) in [6.07, 6.45) is 3.48. The van der Waals surface area contributed by atoms with Gasteiger partial charge in [-0.1, -0.05) is 63.7 Å². The molecule has 1 atom stereocenters. The summed E-state index contributed by atoms with van der Waals surface area (Å²) in [6.45, 7) is 0. The Hall–Kier alpha value is -2.69. The van der Waals surface area contributed by atoms with E-state index in [0.717, 1.165) is 45.5 Å². The van der Waals surface area contributed by atoms with Crippen LogP contribution < -0.4 is 19.6 Å². The van der Waals surface area contributed by atoms with Crippen LogP contribution in [0.4, 0.5) is 0 Å². The Morgan fingerprint density at radius 3 is 2.83 bits per heavy atom. The van der Waals surface area contributed by atoms with Crippen molar-refractivity contribution < 1.29 is 9.84 Å². The number of phenolic OH excluding ortho intramolecular Hbond substituents is 1. The Kier molecular flexibility index (Phi) is 6.13. The average molecular weight is 671 g/mol. The number of halogens is 2. The van der Waals surface area contributed by atoms with Gasteiger partial charge in [0.05, 0.1) is 27.0 Å². The minimum absolute atomic E-state index is 0.119. The van der Waals surface area contributed by atoms with E-state index >= 15 is 0 Å². The normalized spacial score (nSPS) is 16.8. The molecule has 6 rings (SSSR count). The van der Waals surface area contributed by atoms with E-state index in [1.54, 1.807) is 17.8 Å². The van der Waals surface area contributed by atoms with Crippen LogP contribution in [0.3, 0.4) is 0 Å². The largest absolute Gasteiger partial charge is 0.506 e. The molecule has 0 saturated carbocycles. The molecule has 0 bridgehead atoms. The lowest BCUT2D eigenvalue weighted by Gasteiger charge is -2.31. The highest BCUT2D eigenvalue weighted by atomic mass is 127. The third-order valence-corrected chi connectivity index (χ3v) is 8.89. The van der Waals surface area contributed by atoms with E-state index in [9.17, 15) is 9.90 Å². The predicted octanol–water partition coefficient (Wildman–Crippen LogP) is 5.40. The van der Waals surface area contributed by atoms with Crippen LogP contribution in [0.5, 0.6) is 11.5 Å². The molecule has 0 spiro atoms. The van der Waals surface area contributed by atoms with Crippen molar-refractivity contribution in [3.63, 3.8) is 0 Å². The summed E-state index contributed by atoms with van der Waals surface area (Å²) in [6, 6.07) is 19.7. The zero-order valence-corrected chi connectivity index (χ0v) is 23.7. The lowest BCUT2D eigenvalue weighted by Crippen LogP contribution is -2.38. The molecule has 0 saturated heterocycles. The maximum atomic E-state index is 13.9. The van der Waals surface area contributed by atoms with Crippen LogP contribution in [0.2, 0.25) is 0 Å². The first kappa shape index (κ1) is 23.7. The maximum Gasteiger partial charge on any atom is 0.271 e. The SMILES string of the molecule is COc1cccc([C@@H]2C3=C(N=c4s/c(=C/c5cc(Br)cc(I)c5O)c(=O)n42)c2ccccc2CC3)c1. The van der Waals surface area contributed by atoms with Crippen molar-refractivity contribution >= 4 is 61.6 Å². The van der Waals surface area contributed by atoms with E-state index in [2.05, 4.69) is 56.7 Å². The fourth-order valence-electron chi connectivity index (χ4n) is 4.97. The number of aryl methyl sites for hydroxylation is 1. The highest BCUT2D eigenvalue weighted by Gasteiger charge is 2.32. The molecule has 1 aliphatic carbocycles. The summed E-state index contributed by atoms with van der Waals surface area (Å²) >= 11 is 6.93.